The molecule has 43 heavy (non-hydrogen) atoms. The van der Waals surface area contributed by atoms with Crippen molar-refractivity contribution in [3.8, 4) is 0 Å². The fourth-order valence-corrected chi connectivity index (χ4v) is 4.88. The van der Waals surface area contributed by atoms with Crippen molar-refractivity contribution in [2.45, 2.75) is 159 Å². The highest BCUT2D eigenvalue weighted by Gasteiger charge is 2.44. The number of unbranched alkanes of at least 4 members (excludes halogenated alkanes) is 11. The zero-order chi connectivity index (χ0) is 31.7. The van der Waals surface area contributed by atoms with Gasteiger partial charge in [-0.1, -0.05) is 95.2 Å². The van der Waals surface area contributed by atoms with Crippen LogP contribution in [0.25, 0.3) is 0 Å². The molecule has 0 radical (unpaired) electrons. The molecular formula is C34H61NO8. The summed E-state index contributed by atoms with van der Waals surface area (Å²) in [6.07, 6.45) is 20.6. The molecule has 9 heteroatoms. The van der Waals surface area contributed by atoms with Crippen molar-refractivity contribution in [3.05, 3.63) is 36.5 Å². The monoisotopic (exact) mass is 611 g/mol. The number of carbonyl (C=O) groups excluding carboxylic acids is 1. The van der Waals surface area contributed by atoms with Crippen molar-refractivity contribution in [2.75, 3.05) is 13.2 Å². The second kappa shape index (κ2) is 25.7. The van der Waals surface area contributed by atoms with Gasteiger partial charge in [-0.3, -0.25) is 4.79 Å². The molecule has 0 spiro atoms. The van der Waals surface area contributed by atoms with Crippen molar-refractivity contribution >= 4 is 5.91 Å². The molecule has 7 atom stereocenters. The summed E-state index contributed by atoms with van der Waals surface area (Å²) in [5, 5.41) is 53.5. The first-order chi connectivity index (χ1) is 20.8. The molecule has 0 saturated carbocycles. The lowest BCUT2D eigenvalue weighted by molar-refractivity contribution is -0.302. The van der Waals surface area contributed by atoms with Crippen molar-refractivity contribution in [2.24, 2.45) is 0 Å². The van der Waals surface area contributed by atoms with Crippen LogP contribution in [0.1, 0.15) is 117 Å². The smallest absolute Gasteiger partial charge is 0.220 e. The minimum Gasteiger partial charge on any atom is -0.394 e. The molecule has 1 fully saturated rings. The minimum absolute atomic E-state index is 0.205. The lowest BCUT2D eigenvalue weighted by atomic mass is 9.99. The normalized spacial score (nSPS) is 24.3. The summed E-state index contributed by atoms with van der Waals surface area (Å²) < 4.78 is 11.1. The fourth-order valence-electron chi connectivity index (χ4n) is 4.88. The fraction of sp³-hybridized carbons (Fsp3) is 0.794. The highest BCUT2D eigenvalue weighted by atomic mass is 16.7. The molecule has 7 unspecified atom stereocenters. The zero-order valence-electron chi connectivity index (χ0n) is 26.7. The second-order valence-corrected chi connectivity index (χ2v) is 11.6. The maximum absolute atomic E-state index is 12.7. The van der Waals surface area contributed by atoms with Crippen LogP contribution in [-0.4, -0.2) is 87.5 Å². The van der Waals surface area contributed by atoms with Crippen LogP contribution in [0.4, 0.5) is 0 Å². The topological polar surface area (TPSA) is 149 Å². The Balaban J connectivity index is 2.58. The third kappa shape index (κ3) is 18.1. The highest BCUT2D eigenvalue weighted by Crippen LogP contribution is 2.22. The molecule has 0 bridgehead atoms. The Bertz CT molecular complexity index is 771. The van der Waals surface area contributed by atoms with E-state index in [-0.39, 0.29) is 12.5 Å². The van der Waals surface area contributed by atoms with E-state index in [9.17, 15) is 30.3 Å². The molecule has 1 saturated heterocycles. The largest absolute Gasteiger partial charge is 0.394 e. The van der Waals surface area contributed by atoms with Gasteiger partial charge in [0, 0.05) is 6.42 Å². The van der Waals surface area contributed by atoms with Crippen LogP contribution in [0.3, 0.4) is 0 Å². The van der Waals surface area contributed by atoms with E-state index in [0.29, 0.717) is 6.42 Å². The summed E-state index contributed by atoms with van der Waals surface area (Å²) in [5.74, 6) is -0.205. The molecular weight excluding hydrogens is 550 g/mol. The van der Waals surface area contributed by atoms with Gasteiger partial charge in [-0.2, -0.15) is 0 Å². The van der Waals surface area contributed by atoms with E-state index in [1.165, 1.54) is 32.1 Å². The maximum atomic E-state index is 12.7. The number of aliphatic hydroxyl groups is 5. The second-order valence-electron chi connectivity index (χ2n) is 11.6. The molecule has 1 aliphatic rings. The Kier molecular flexibility index (Phi) is 23.6. The molecule has 1 aliphatic heterocycles. The Labute approximate surface area is 260 Å². The Hall–Kier alpha value is -1.59. The maximum Gasteiger partial charge on any atom is 0.220 e. The lowest BCUT2D eigenvalue weighted by Gasteiger charge is -2.40. The van der Waals surface area contributed by atoms with Crippen LogP contribution in [-0.2, 0) is 14.3 Å². The molecule has 1 amide bonds. The van der Waals surface area contributed by atoms with E-state index in [1.54, 1.807) is 6.08 Å². The molecule has 9 nitrogen and oxygen atoms in total. The number of hydrogen-bond acceptors (Lipinski definition) is 8. The number of hydrogen-bond donors (Lipinski definition) is 6. The summed E-state index contributed by atoms with van der Waals surface area (Å²) in [5.41, 5.74) is 0. The third-order valence-corrected chi connectivity index (χ3v) is 7.67. The predicted molar refractivity (Wildman–Crippen MR) is 170 cm³/mol. The van der Waals surface area contributed by atoms with Crippen LogP contribution >= 0.6 is 0 Å². The quantitative estimate of drug-likeness (QED) is 0.0648. The van der Waals surface area contributed by atoms with E-state index >= 15 is 0 Å². The first kappa shape index (κ1) is 39.4. The van der Waals surface area contributed by atoms with Crippen molar-refractivity contribution in [1.82, 2.24) is 5.32 Å². The SMILES string of the molecule is CCC/C=C\CCCCCCCC(=O)NC(COC1OC(CO)C(O)C(O)C1O)C(O)/C=C/CC/C=C/CCCCCC. The first-order valence-electron chi connectivity index (χ1n) is 16.7. The van der Waals surface area contributed by atoms with Gasteiger partial charge < -0.3 is 40.3 Å². The van der Waals surface area contributed by atoms with E-state index < -0.39 is 49.5 Å². The predicted octanol–water partition coefficient (Wildman–Crippen LogP) is 4.60. The highest BCUT2D eigenvalue weighted by molar-refractivity contribution is 5.76. The van der Waals surface area contributed by atoms with E-state index in [2.05, 4.69) is 43.5 Å². The summed E-state index contributed by atoms with van der Waals surface area (Å²) in [6, 6.07) is -0.819. The van der Waals surface area contributed by atoms with Gasteiger partial charge in [0.1, 0.15) is 24.4 Å². The Morgan fingerprint density at radius 3 is 2.05 bits per heavy atom. The van der Waals surface area contributed by atoms with Crippen LogP contribution in [0, 0.1) is 0 Å². The van der Waals surface area contributed by atoms with Gasteiger partial charge in [0.2, 0.25) is 5.91 Å². The van der Waals surface area contributed by atoms with Crippen molar-refractivity contribution < 1.29 is 39.8 Å². The summed E-state index contributed by atoms with van der Waals surface area (Å²) in [7, 11) is 0. The number of amides is 1. The first-order valence-corrected chi connectivity index (χ1v) is 16.7. The van der Waals surface area contributed by atoms with Gasteiger partial charge in [0.05, 0.1) is 25.4 Å². The molecule has 1 rings (SSSR count). The standard InChI is InChI=1S/C34H61NO8/c1-3-5-7-9-11-13-15-17-19-21-23-28(37)27(26-42-34-33(41)32(40)31(39)29(25-36)43-34)35-30(38)24-22-20-18-16-14-12-10-8-6-4-2/h8,10,13,15,21,23,27-29,31-34,36-37,39-41H,3-7,9,11-12,14,16-20,22,24-26H2,1-2H3,(H,35,38)/b10-8-,15-13+,23-21+. The molecule has 0 aromatic heterocycles. The molecule has 0 aromatic rings. The number of nitrogens with one attached hydrogen (secondary N) is 1. The van der Waals surface area contributed by atoms with Crippen LogP contribution in [0.15, 0.2) is 36.5 Å². The summed E-state index contributed by atoms with van der Waals surface area (Å²) >= 11 is 0. The van der Waals surface area contributed by atoms with Crippen LogP contribution < -0.4 is 5.32 Å². The number of carbonyl (C=O) groups is 1. The van der Waals surface area contributed by atoms with Gasteiger partial charge >= 0.3 is 0 Å². The molecule has 1 heterocycles. The van der Waals surface area contributed by atoms with E-state index in [1.807, 2.05) is 6.08 Å². The Morgan fingerprint density at radius 2 is 1.37 bits per heavy atom. The summed E-state index contributed by atoms with van der Waals surface area (Å²) in [4.78, 5) is 12.7. The number of ether oxygens (including phenoxy) is 2. The third-order valence-electron chi connectivity index (χ3n) is 7.67. The van der Waals surface area contributed by atoms with Crippen molar-refractivity contribution in [3.63, 3.8) is 0 Å². The lowest BCUT2D eigenvalue weighted by Crippen LogP contribution is -2.60. The van der Waals surface area contributed by atoms with E-state index in [4.69, 9.17) is 9.47 Å². The Morgan fingerprint density at radius 1 is 0.767 bits per heavy atom. The van der Waals surface area contributed by atoms with Gasteiger partial charge in [-0.15, -0.1) is 0 Å². The number of allylic oxidation sites excluding steroid dienone is 5. The van der Waals surface area contributed by atoms with Crippen LogP contribution in [0.5, 0.6) is 0 Å². The molecule has 0 aromatic carbocycles. The summed E-state index contributed by atoms with van der Waals surface area (Å²) in [6.45, 7) is 3.59. The number of aliphatic hydroxyl groups excluding tert-OH is 5. The minimum atomic E-state index is -1.57. The molecule has 250 valence electrons. The number of rotatable bonds is 25. The molecule has 0 aliphatic carbocycles. The average molecular weight is 612 g/mol. The van der Waals surface area contributed by atoms with Crippen molar-refractivity contribution in [1.29, 1.82) is 0 Å². The van der Waals surface area contributed by atoms with Crippen LogP contribution in [0.2, 0.25) is 0 Å². The van der Waals surface area contributed by atoms with Gasteiger partial charge in [-0.25, -0.2) is 0 Å². The van der Waals surface area contributed by atoms with Gasteiger partial charge in [0.25, 0.3) is 0 Å². The average Bonchev–Trinajstić information content (AvgIpc) is 3.00. The van der Waals surface area contributed by atoms with Gasteiger partial charge in [-0.05, 0) is 51.4 Å². The van der Waals surface area contributed by atoms with E-state index in [0.717, 1.165) is 64.2 Å². The zero-order valence-corrected chi connectivity index (χ0v) is 26.7. The van der Waals surface area contributed by atoms with Gasteiger partial charge in [0.15, 0.2) is 6.29 Å². The molecule has 6 N–H and O–H groups in total.